The first-order valence-electron chi connectivity index (χ1n) is 11.9. The van der Waals surface area contributed by atoms with Gasteiger partial charge >= 0.3 is 5.97 Å². The second kappa shape index (κ2) is 13.8. The Labute approximate surface area is 231 Å². The van der Waals surface area contributed by atoms with Gasteiger partial charge in [0.25, 0.3) is 0 Å². The number of ether oxygens (including phenoxy) is 1. The molecule has 37 heavy (non-hydrogen) atoms. The topological polar surface area (TPSA) is 110 Å². The molecule has 0 radical (unpaired) electrons. The highest BCUT2D eigenvalue weighted by Crippen LogP contribution is 2.21. The number of allylic oxidation sites excluding steroid dienone is 1. The minimum absolute atomic E-state index is 0.0535. The van der Waals surface area contributed by atoms with Crippen molar-refractivity contribution in [3.05, 3.63) is 64.1 Å². The van der Waals surface area contributed by atoms with Crippen LogP contribution in [0.3, 0.4) is 0 Å². The van der Waals surface area contributed by atoms with Crippen LogP contribution in [0, 0.1) is 0 Å². The second-order valence-electron chi connectivity index (χ2n) is 8.92. The lowest BCUT2D eigenvalue weighted by Crippen LogP contribution is -2.51. The molecule has 2 atom stereocenters. The number of nitrogens with zero attached hydrogens (tertiary/aromatic N) is 2. The maximum Gasteiger partial charge on any atom is 0.329 e. The first-order chi connectivity index (χ1) is 17.7. The van der Waals surface area contributed by atoms with Crippen LogP contribution in [0.2, 0.25) is 0 Å². The Bertz CT molecular complexity index is 1150. The van der Waals surface area contributed by atoms with Crippen LogP contribution in [0.4, 0.5) is 0 Å². The van der Waals surface area contributed by atoms with Gasteiger partial charge in [-0.05, 0) is 43.9 Å². The van der Waals surface area contributed by atoms with Crippen LogP contribution < -0.4 is 10.6 Å². The van der Waals surface area contributed by atoms with E-state index in [1.165, 1.54) is 23.1 Å². The molecule has 8 nitrogen and oxygen atoms in total. The quantitative estimate of drug-likeness (QED) is 0.293. The Morgan fingerprint density at radius 2 is 2.00 bits per heavy atom. The molecule has 2 aromatic rings. The predicted molar refractivity (Wildman–Crippen MR) is 152 cm³/mol. The number of amides is 2. The largest absolute Gasteiger partial charge is 0.456 e. The molecule has 11 heteroatoms. The standard InChI is InChI=1S/C26H32N4O4S3/c1-26(2)25(33)29-19(13-17-9-5-4-6-10-17)24(32)34-18(11-7-8-12-35)14-21(31)27-15-22-28-20(16-37-22)23(30-26)36-3/h4-7,9-11,16,18-19,35H,8,12-15H2,1-3H3,(H,27,31)(H,29,33)/b11-7+,30-23-/t18-,19+/m1/s1. The Kier molecular flexibility index (Phi) is 10.8. The molecule has 2 heterocycles. The third-order valence-electron chi connectivity index (χ3n) is 5.51. The summed E-state index contributed by atoms with van der Waals surface area (Å²) in [7, 11) is 0. The van der Waals surface area contributed by atoms with E-state index in [2.05, 4.69) is 33.2 Å². The van der Waals surface area contributed by atoms with Crippen LogP contribution in [0.15, 0.2) is 52.9 Å². The lowest BCUT2D eigenvalue weighted by molar-refractivity contribution is -0.152. The highest BCUT2D eigenvalue weighted by atomic mass is 32.2. The van der Waals surface area contributed by atoms with Crippen LogP contribution >= 0.6 is 35.7 Å². The van der Waals surface area contributed by atoms with E-state index in [0.717, 1.165) is 5.56 Å². The summed E-state index contributed by atoms with van der Waals surface area (Å²) in [6.45, 7) is 3.64. The van der Waals surface area contributed by atoms with Crippen molar-refractivity contribution in [3.8, 4) is 0 Å². The normalized spacial score (nSPS) is 22.6. The number of thiol groups is 1. The lowest BCUT2D eigenvalue weighted by atomic mass is 10.0. The van der Waals surface area contributed by atoms with Gasteiger partial charge in [0.2, 0.25) is 11.8 Å². The van der Waals surface area contributed by atoms with Crippen LogP contribution in [-0.4, -0.2) is 57.5 Å². The van der Waals surface area contributed by atoms with Gasteiger partial charge in [-0.2, -0.15) is 12.6 Å². The van der Waals surface area contributed by atoms with Crippen molar-refractivity contribution in [2.45, 2.75) is 57.3 Å². The molecule has 1 aliphatic rings. The number of hydrogen-bond acceptors (Lipinski definition) is 9. The molecule has 198 valence electrons. The number of fused-ring (bicyclic) bond motifs is 2. The fourth-order valence-corrected chi connectivity index (χ4v) is 5.09. The van der Waals surface area contributed by atoms with Gasteiger partial charge < -0.3 is 15.4 Å². The van der Waals surface area contributed by atoms with Crippen molar-refractivity contribution in [3.63, 3.8) is 0 Å². The molecule has 0 spiro atoms. The highest BCUT2D eigenvalue weighted by Gasteiger charge is 2.34. The molecule has 0 unspecified atom stereocenters. The molecule has 1 aromatic heterocycles. The van der Waals surface area contributed by atoms with Crippen LogP contribution in [0.5, 0.6) is 0 Å². The third kappa shape index (κ3) is 8.72. The van der Waals surface area contributed by atoms with Crippen molar-refractivity contribution in [1.82, 2.24) is 15.6 Å². The fourth-order valence-electron chi connectivity index (χ4n) is 3.51. The summed E-state index contributed by atoms with van der Waals surface area (Å²) in [6, 6.07) is 8.41. The van der Waals surface area contributed by atoms with E-state index in [0.29, 0.717) is 27.9 Å². The molecule has 0 saturated carbocycles. The van der Waals surface area contributed by atoms with Crippen molar-refractivity contribution in [2.75, 3.05) is 12.0 Å². The average Bonchev–Trinajstić information content (AvgIpc) is 3.34. The van der Waals surface area contributed by atoms with Gasteiger partial charge in [-0.25, -0.2) is 9.78 Å². The van der Waals surface area contributed by atoms with Gasteiger partial charge in [-0.15, -0.1) is 23.1 Å². The van der Waals surface area contributed by atoms with Crippen molar-refractivity contribution < 1.29 is 19.1 Å². The first-order valence-corrected chi connectivity index (χ1v) is 14.6. The summed E-state index contributed by atoms with van der Waals surface area (Å²) in [5.41, 5.74) is 0.330. The number of esters is 1. The van der Waals surface area contributed by atoms with Gasteiger partial charge in [0.05, 0.1) is 13.0 Å². The molecule has 1 aliphatic heterocycles. The summed E-state index contributed by atoms with van der Waals surface area (Å²) in [6.07, 6.45) is 5.43. The Hall–Kier alpha value is -2.63. The van der Waals surface area contributed by atoms with E-state index >= 15 is 0 Å². The number of hydrogen-bond donors (Lipinski definition) is 3. The van der Waals surface area contributed by atoms with Crippen molar-refractivity contribution >= 4 is 58.6 Å². The third-order valence-corrected chi connectivity index (χ3v) is 7.30. The predicted octanol–water partition coefficient (Wildman–Crippen LogP) is 3.57. The zero-order valence-electron chi connectivity index (χ0n) is 21.1. The number of carbonyl (C=O) groups excluding carboxylic acids is 3. The van der Waals surface area contributed by atoms with Crippen molar-refractivity contribution in [1.29, 1.82) is 0 Å². The SMILES string of the molecule is CS/C1=N\C(C)(C)C(=O)N[C@@H](Cc2ccccc2)C(=O)O[C@H](/C=C/CCS)CC(=O)NCc2nc1cs2. The molecular formula is C26H32N4O4S3. The number of thiazole rings is 1. The number of benzene rings is 1. The molecule has 2 amide bonds. The Balaban J connectivity index is 1.98. The number of aromatic nitrogens is 1. The number of cyclic esters (lactones) is 1. The number of carbonyl (C=O) groups is 3. The van der Waals surface area contributed by atoms with E-state index in [-0.39, 0.29) is 25.3 Å². The van der Waals surface area contributed by atoms with Crippen LogP contribution in [0.1, 0.15) is 43.0 Å². The Morgan fingerprint density at radius 1 is 1.24 bits per heavy atom. The summed E-state index contributed by atoms with van der Waals surface area (Å²) >= 11 is 6.99. The molecule has 0 fully saturated rings. The number of aliphatic imine (C=N–C) groups is 1. The summed E-state index contributed by atoms with van der Waals surface area (Å²) < 4.78 is 5.76. The molecule has 3 rings (SSSR count). The summed E-state index contributed by atoms with van der Waals surface area (Å²) in [4.78, 5) is 48.7. The van der Waals surface area contributed by atoms with Crippen LogP contribution in [-0.2, 0) is 32.1 Å². The molecular weight excluding hydrogens is 529 g/mol. The number of nitrogens with one attached hydrogen (secondary N) is 2. The molecule has 0 aliphatic carbocycles. The molecule has 2 N–H and O–H groups in total. The Morgan fingerprint density at radius 3 is 2.70 bits per heavy atom. The molecule has 0 saturated heterocycles. The van der Waals surface area contributed by atoms with E-state index in [4.69, 9.17) is 4.74 Å². The van der Waals surface area contributed by atoms with Crippen LogP contribution in [0.25, 0.3) is 0 Å². The minimum Gasteiger partial charge on any atom is -0.456 e. The maximum absolute atomic E-state index is 13.4. The maximum atomic E-state index is 13.4. The average molecular weight is 561 g/mol. The first kappa shape index (κ1) is 28.9. The van der Waals surface area contributed by atoms with Crippen molar-refractivity contribution in [2.24, 2.45) is 4.99 Å². The zero-order valence-corrected chi connectivity index (χ0v) is 23.6. The smallest absolute Gasteiger partial charge is 0.329 e. The number of thioether (sulfide) groups is 1. The minimum atomic E-state index is -1.17. The van der Waals surface area contributed by atoms with Gasteiger partial charge in [0.1, 0.15) is 33.4 Å². The van der Waals surface area contributed by atoms with Gasteiger partial charge in [0, 0.05) is 11.8 Å². The highest BCUT2D eigenvalue weighted by molar-refractivity contribution is 8.13. The molecule has 2 bridgehead atoms. The summed E-state index contributed by atoms with van der Waals surface area (Å²) in [5, 5.41) is 8.86. The lowest BCUT2D eigenvalue weighted by Gasteiger charge is -2.26. The van der Waals surface area contributed by atoms with E-state index in [1.54, 1.807) is 19.9 Å². The monoisotopic (exact) mass is 560 g/mol. The van der Waals surface area contributed by atoms with E-state index in [9.17, 15) is 14.4 Å². The molecule has 1 aromatic carbocycles. The van der Waals surface area contributed by atoms with Gasteiger partial charge in [-0.3, -0.25) is 14.6 Å². The second-order valence-corrected chi connectivity index (χ2v) is 11.1. The van der Waals surface area contributed by atoms with Gasteiger partial charge in [0.15, 0.2) is 0 Å². The summed E-state index contributed by atoms with van der Waals surface area (Å²) in [5.74, 6) is -0.693. The van der Waals surface area contributed by atoms with Gasteiger partial charge in [-0.1, -0.05) is 36.4 Å². The fraction of sp³-hybridized carbons (Fsp3) is 0.423. The van der Waals surface area contributed by atoms with E-state index < -0.39 is 29.6 Å². The number of rotatable bonds is 5. The van der Waals surface area contributed by atoms with E-state index in [1.807, 2.05) is 48.0 Å². The zero-order chi connectivity index (χ0) is 26.8.